The highest BCUT2D eigenvalue weighted by Crippen LogP contribution is 2.44. The monoisotopic (exact) mass is 338 g/mol. The molecule has 3 aromatic carbocycles. The summed E-state index contributed by atoms with van der Waals surface area (Å²) in [5, 5.41) is 0. The lowest BCUT2D eigenvalue weighted by atomic mass is 9.63. The van der Waals surface area contributed by atoms with E-state index in [0.29, 0.717) is 0 Å². The van der Waals surface area contributed by atoms with Crippen molar-refractivity contribution in [1.82, 2.24) is 0 Å². The van der Waals surface area contributed by atoms with Crippen LogP contribution in [0.2, 0.25) is 0 Å². The first-order valence-corrected chi connectivity index (χ1v) is 9.14. The van der Waals surface area contributed by atoms with Crippen LogP contribution in [0.4, 0.5) is 0 Å². The Morgan fingerprint density at radius 3 is 2.12 bits per heavy atom. The molecule has 0 bridgehead atoms. The highest BCUT2D eigenvalue weighted by atomic mass is 16.1. The first kappa shape index (κ1) is 16.5. The van der Waals surface area contributed by atoms with Gasteiger partial charge in [-0.2, -0.15) is 0 Å². The maximum absolute atomic E-state index is 13.6. The van der Waals surface area contributed by atoms with E-state index in [1.54, 1.807) is 0 Å². The zero-order valence-corrected chi connectivity index (χ0v) is 15.0. The minimum atomic E-state index is -0.619. The van der Waals surface area contributed by atoms with Gasteiger partial charge < -0.3 is 0 Å². The highest BCUT2D eigenvalue weighted by Gasteiger charge is 2.44. The number of aryl methyl sites for hydroxylation is 1. The second-order valence-corrected chi connectivity index (χ2v) is 7.00. The summed E-state index contributed by atoms with van der Waals surface area (Å²) < 4.78 is 0. The van der Waals surface area contributed by atoms with Crippen LogP contribution in [-0.4, -0.2) is 5.78 Å². The summed E-state index contributed by atoms with van der Waals surface area (Å²) >= 11 is 0. The molecule has 1 nitrogen and oxygen atoms in total. The largest absolute Gasteiger partial charge is 0.293 e. The molecule has 0 aliphatic heterocycles. The molecule has 1 aliphatic carbocycles. The molecular weight excluding hydrogens is 316 g/mol. The van der Waals surface area contributed by atoms with Crippen molar-refractivity contribution < 1.29 is 4.79 Å². The maximum atomic E-state index is 13.6. The number of Topliss-reactive ketones (excluding diaryl/α,β-unsaturated/α-hetero) is 1. The summed E-state index contributed by atoms with van der Waals surface area (Å²) in [5.41, 5.74) is 4.84. The third kappa shape index (κ3) is 2.70. The summed E-state index contributed by atoms with van der Waals surface area (Å²) in [4.78, 5) is 13.6. The first-order valence-electron chi connectivity index (χ1n) is 9.14. The fourth-order valence-corrected chi connectivity index (χ4v) is 4.15. The zero-order chi connectivity index (χ0) is 18.0. The van der Waals surface area contributed by atoms with Gasteiger partial charge in [0, 0.05) is 0 Å². The van der Waals surface area contributed by atoms with Crippen LogP contribution >= 0.6 is 0 Å². The molecule has 4 rings (SSSR count). The molecule has 0 heterocycles. The van der Waals surface area contributed by atoms with E-state index in [1.165, 1.54) is 5.56 Å². The van der Waals surface area contributed by atoms with E-state index in [9.17, 15) is 4.79 Å². The third-order valence-electron chi connectivity index (χ3n) is 5.44. The van der Waals surface area contributed by atoms with Crippen LogP contribution in [0.15, 0.2) is 90.5 Å². The highest BCUT2D eigenvalue weighted by molar-refractivity contribution is 6.11. The van der Waals surface area contributed by atoms with E-state index in [4.69, 9.17) is 0 Å². The molecule has 1 atom stereocenters. The van der Waals surface area contributed by atoms with Crippen molar-refractivity contribution in [3.63, 3.8) is 0 Å². The van der Waals surface area contributed by atoms with Crippen molar-refractivity contribution in [3.05, 3.63) is 113 Å². The molecule has 0 radical (unpaired) electrons. The minimum absolute atomic E-state index is 0.221. The van der Waals surface area contributed by atoms with Gasteiger partial charge in [0.2, 0.25) is 0 Å². The summed E-state index contributed by atoms with van der Waals surface area (Å²) in [7, 11) is 0. The normalized spacial score (nSPS) is 19.0. The summed E-state index contributed by atoms with van der Waals surface area (Å²) in [6.45, 7) is 1.94. The summed E-state index contributed by atoms with van der Waals surface area (Å²) in [5.74, 6) is 0.221. The lowest BCUT2D eigenvalue weighted by molar-refractivity contribution is -0.119. The Morgan fingerprint density at radius 2 is 1.38 bits per heavy atom. The summed E-state index contributed by atoms with van der Waals surface area (Å²) in [6, 6.07) is 29.0. The number of hydrogen-bond donors (Lipinski definition) is 0. The van der Waals surface area contributed by atoms with E-state index >= 15 is 0 Å². The van der Waals surface area contributed by atoms with Crippen molar-refractivity contribution in [2.75, 3.05) is 0 Å². The smallest absolute Gasteiger partial charge is 0.173 e. The molecule has 0 N–H and O–H groups in total. The van der Waals surface area contributed by atoms with Crippen LogP contribution in [0.25, 0.3) is 6.08 Å². The predicted octanol–water partition coefficient (Wildman–Crippen LogP) is 5.59. The van der Waals surface area contributed by atoms with Gasteiger partial charge in [0.25, 0.3) is 0 Å². The van der Waals surface area contributed by atoms with Crippen LogP contribution < -0.4 is 0 Å². The number of rotatable bonds is 4. The molecule has 0 saturated carbocycles. The Bertz CT molecular complexity index is 954. The Labute approximate surface area is 155 Å². The Hall–Kier alpha value is -2.93. The van der Waals surface area contributed by atoms with Gasteiger partial charge in [0.1, 0.15) is 0 Å². The van der Waals surface area contributed by atoms with Crippen LogP contribution in [-0.2, 0) is 16.6 Å². The second kappa shape index (κ2) is 6.76. The van der Waals surface area contributed by atoms with E-state index in [0.717, 1.165) is 35.1 Å². The minimum Gasteiger partial charge on any atom is -0.293 e. The molecule has 0 saturated heterocycles. The molecule has 0 spiro atoms. The standard InChI is InChI=1S/C25H22O/c1-19-18-21-12-8-9-15-23(21)25(24(19)26,22-13-6-3-7-14-22)17-16-20-10-4-2-5-11-20/h2-15,18H,16-17H2,1H3. The number of carbonyl (C=O) groups excluding carboxylic acids is 1. The zero-order valence-electron chi connectivity index (χ0n) is 15.0. The molecule has 0 fully saturated rings. The topological polar surface area (TPSA) is 17.1 Å². The average Bonchev–Trinajstić information content (AvgIpc) is 2.70. The third-order valence-corrected chi connectivity index (χ3v) is 5.44. The lowest BCUT2D eigenvalue weighted by Crippen LogP contribution is -2.41. The molecule has 128 valence electrons. The molecule has 0 amide bonds. The summed E-state index contributed by atoms with van der Waals surface area (Å²) in [6.07, 6.45) is 3.66. The van der Waals surface area contributed by atoms with Crippen LogP contribution in [0.1, 0.15) is 35.6 Å². The number of benzene rings is 3. The van der Waals surface area contributed by atoms with Gasteiger partial charge in [-0.1, -0.05) is 84.9 Å². The van der Waals surface area contributed by atoms with Gasteiger partial charge in [0.15, 0.2) is 5.78 Å². The van der Waals surface area contributed by atoms with Gasteiger partial charge in [-0.3, -0.25) is 4.79 Å². The van der Waals surface area contributed by atoms with Gasteiger partial charge >= 0.3 is 0 Å². The Morgan fingerprint density at radius 1 is 0.769 bits per heavy atom. The van der Waals surface area contributed by atoms with Gasteiger partial charge in [0.05, 0.1) is 5.41 Å². The van der Waals surface area contributed by atoms with Crippen LogP contribution in [0.3, 0.4) is 0 Å². The molecule has 0 aromatic heterocycles. The molecule has 3 aromatic rings. The van der Waals surface area contributed by atoms with Crippen molar-refractivity contribution in [3.8, 4) is 0 Å². The van der Waals surface area contributed by atoms with E-state index < -0.39 is 5.41 Å². The first-order chi connectivity index (χ1) is 12.7. The average molecular weight is 338 g/mol. The second-order valence-electron chi connectivity index (χ2n) is 7.00. The number of fused-ring (bicyclic) bond motifs is 1. The van der Waals surface area contributed by atoms with Crippen molar-refractivity contribution in [1.29, 1.82) is 0 Å². The fourth-order valence-electron chi connectivity index (χ4n) is 4.15. The number of allylic oxidation sites excluding steroid dienone is 1. The quantitative estimate of drug-likeness (QED) is 0.606. The number of ketones is 1. The SMILES string of the molecule is CC1=Cc2ccccc2C(CCc2ccccc2)(c2ccccc2)C1=O. The van der Waals surface area contributed by atoms with E-state index in [2.05, 4.69) is 48.5 Å². The van der Waals surface area contributed by atoms with Gasteiger partial charge in [-0.25, -0.2) is 0 Å². The molecule has 1 aliphatic rings. The maximum Gasteiger partial charge on any atom is 0.173 e. The lowest BCUT2D eigenvalue weighted by Gasteiger charge is -2.38. The van der Waals surface area contributed by atoms with E-state index in [-0.39, 0.29) is 5.78 Å². The number of hydrogen-bond acceptors (Lipinski definition) is 1. The van der Waals surface area contributed by atoms with Crippen LogP contribution in [0.5, 0.6) is 0 Å². The van der Waals surface area contributed by atoms with Crippen molar-refractivity contribution in [2.45, 2.75) is 25.2 Å². The van der Waals surface area contributed by atoms with Crippen molar-refractivity contribution in [2.24, 2.45) is 0 Å². The van der Waals surface area contributed by atoms with Gasteiger partial charge in [-0.15, -0.1) is 0 Å². The molecular formula is C25H22O. The van der Waals surface area contributed by atoms with Crippen molar-refractivity contribution >= 4 is 11.9 Å². The molecule has 1 heteroatoms. The van der Waals surface area contributed by atoms with Gasteiger partial charge in [-0.05, 0) is 53.7 Å². The molecule has 1 unspecified atom stereocenters. The predicted molar refractivity (Wildman–Crippen MR) is 107 cm³/mol. The fraction of sp³-hybridized carbons (Fsp3) is 0.160. The Kier molecular flexibility index (Phi) is 4.30. The van der Waals surface area contributed by atoms with Crippen LogP contribution in [0, 0.1) is 0 Å². The van der Waals surface area contributed by atoms with E-state index in [1.807, 2.05) is 49.4 Å². The molecule has 26 heavy (non-hydrogen) atoms. The number of carbonyl (C=O) groups is 1. The Balaban J connectivity index is 1.89.